The molecule has 4 atom stereocenters. The van der Waals surface area contributed by atoms with E-state index in [0.29, 0.717) is 66.1 Å². The molecule has 5 aliphatic carbocycles. The zero-order valence-electron chi connectivity index (χ0n) is 49.2. The molecule has 10 rings (SSSR count). The van der Waals surface area contributed by atoms with Crippen molar-refractivity contribution in [1.82, 2.24) is 0 Å². The average molecular weight is 1140 g/mol. The van der Waals surface area contributed by atoms with Crippen LogP contribution in [0.1, 0.15) is 135 Å². The van der Waals surface area contributed by atoms with Crippen LogP contribution in [-0.2, 0) is 53.3 Å². The summed E-state index contributed by atoms with van der Waals surface area (Å²) in [7, 11) is 0. The molecular formula is C68H84O15. The zero-order chi connectivity index (χ0) is 61.3. The molecule has 1 aliphatic heterocycles. The molecule has 1 saturated heterocycles. The summed E-state index contributed by atoms with van der Waals surface area (Å²) in [5.41, 5.74) is 3.36. The van der Waals surface area contributed by atoms with Crippen LogP contribution in [0.5, 0.6) is 23.0 Å². The number of rotatable bonds is 15. The van der Waals surface area contributed by atoms with Crippen LogP contribution < -0.4 is 9.47 Å². The number of carbonyl (C=O) groups excluding carboxylic acids is 5. The van der Waals surface area contributed by atoms with Crippen LogP contribution in [0.2, 0.25) is 0 Å². The Bertz CT molecular complexity index is 2830. The molecule has 1 heterocycles. The van der Waals surface area contributed by atoms with Gasteiger partial charge in [-0.05, 0) is 176 Å². The van der Waals surface area contributed by atoms with Crippen LogP contribution in [0.15, 0.2) is 165 Å². The molecule has 15 nitrogen and oxygen atoms in total. The van der Waals surface area contributed by atoms with Crippen molar-refractivity contribution in [1.29, 1.82) is 0 Å². The molecular weight excluding hydrogens is 1060 g/mol. The first-order chi connectivity index (χ1) is 39.3. The van der Waals surface area contributed by atoms with Gasteiger partial charge in [0.25, 0.3) is 0 Å². The van der Waals surface area contributed by atoms with Crippen molar-refractivity contribution in [2.24, 2.45) is 11.8 Å². The van der Waals surface area contributed by atoms with Gasteiger partial charge in [0.05, 0.1) is 12.2 Å². The number of phenolic OH excluding ortho intramolecular Hbond substituents is 2. The lowest BCUT2D eigenvalue weighted by molar-refractivity contribution is -0.217. The third-order valence-corrected chi connectivity index (χ3v) is 14.1. The average Bonchev–Trinajstić information content (AvgIpc) is 1.80. The highest BCUT2D eigenvalue weighted by Crippen LogP contribution is 2.59. The lowest BCUT2D eigenvalue weighted by atomic mass is 9.52. The molecule has 6 fully saturated rings. The van der Waals surface area contributed by atoms with Crippen molar-refractivity contribution in [3.63, 3.8) is 0 Å². The van der Waals surface area contributed by atoms with Gasteiger partial charge in [-0.3, -0.25) is 0 Å². The van der Waals surface area contributed by atoms with E-state index in [-0.39, 0.29) is 29.6 Å². The molecule has 4 aromatic rings. The highest BCUT2D eigenvalue weighted by Gasteiger charge is 2.59. The second-order valence-corrected chi connectivity index (χ2v) is 21.6. The molecule has 0 radical (unpaired) electrons. The van der Waals surface area contributed by atoms with Crippen molar-refractivity contribution in [2.75, 3.05) is 13.2 Å². The third kappa shape index (κ3) is 22.3. The van der Waals surface area contributed by atoms with E-state index in [4.69, 9.17) is 38.6 Å². The summed E-state index contributed by atoms with van der Waals surface area (Å²) in [6.07, 6.45) is 13.8. The minimum Gasteiger partial charge on any atom is -0.508 e. The molecule has 0 spiro atoms. The molecule has 446 valence electrons. The summed E-state index contributed by atoms with van der Waals surface area (Å²) in [6, 6.07) is 30.6. The van der Waals surface area contributed by atoms with Gasteiger partial charge in [0.15, 0.2) is 6.29 Å². The monoisotopic (exact) mass is 1140 g/mol. The van der Waals surface area contributed by atoms with Gasteiger partial charge in [0, 0.05) is 41.7 Å². The fraction of sp³-hybridized carbons (Fsp3) is 0.397. The predicted octanol–water partition coefficient (Wildman–Crippen LogP) is 13.6. The maximum Gasteiger partial charge on any atom is 0.347 e. The zero-order valence-corrected chi connectivity index (χ0v) is 49.2. The van der Waals surface area contributed by atoms with Crippen molar-refractivity contribution in [3.8, 4) is 23.0 Å². The summed E-state index contributed by atoms with van der Waals surface area (Å²) in [6.45, 7) is 32.7. The predicted molar refractivity (Wildman–Crippen MR) is 321 cm³/mol. The van der Waals surface area contributed by atoms with Crippen LogP contribution in [0.3, 0.4) is 0 Å². The fourth-order valence-corrected chi connectivity index (χ4v) is 10.4. The number of benzene rings is 4. The molecule has 0 aromatic heterocycles. The summed E-state index contributed by atoms with van der Waals surface area (Å²) in [4.78, 5) is 56.3. The molecule has 83 heavy (non-hydrogen) atoms. The van der Waals surface area contributed by atoms with Gasteiger partial charge in [-0.2, -0.15) is 0 Å². The largest absolute Gasteiger partial charge is 0.508 e. The number of aromatic hydroxyl groups is 2. The quantitative estimate of drug-likeness (QED) is 0.0332. The molecule has 4 aromatic carbocycles. The van der Waals surface area contributed by atoms with Gasteiger partial charge in [-0.25, -0.2) is 24.0 Å². The van der Waals surface area contributed by atoms with Crippen LogP contribution in [-0.4, -0.2) is 82.0 Å². The Labute approximate surface area is 490 Å². The van der Waals surface area contributed by atoms with Crippen LogP contribution >= 0.6 is 0 Å². The first kappa shape index (κ1) is 67.5. The molecule has 5 saturated carbocycles. The Morgan fingerprint density at radius 2 is 1.13 bits per heavy atom. The maximum absolute atomic E-state index is 11.9. The second kappa shape index (κ2) is 32.6. The van der Waals surface area contributed by atoms with E-state index in [2.05, 4.69) is 56.3 Å². The summed E-state index contributed by atoms with van der Waals surface area (Å²) in [5.74, 6) is 0.668. The highest BCUT2D eigenvalue weighted by molar-refractivity contribution is 5.90. The third-order valence-electron chi connectivity index (χ3n) is 14.1. The highest BCUT2D eigenvalue weighted by atomic mass is 16.7. The number of ether oxygens (including phenoxy) is 7. The van der Waals surface area contributed by atoms with E-state index in [9.17, 15) is 29.1 Å². The fourth-order valence-electron chi connectivity index (χ4n) is 10.4. The summed E-state index contributed by atoms with van der Waals surface area (Å²) < 4.78 is 36.5. The lowest BCUT2D eigenvalue weighted by Gasteiger charge is -2.59. The Kier molecular flexibility index (Phi) is 26.5. The Hall–Kier alpha value is -8.01. The van der Waals surface area contributed by atoms with Gasteiger partial charge < -0.3 is 48.5 Å². The first-order valence-corrected chi connectivity index (χ1v) is 28.0. The molecule has 4 bridgehead atoms. The second-order valence-electron chi connectivity index (χ2n) is 21.6. The Morgan fingerprint density at radius 1 is 0.651 bits per heavy atom. The molecule has 3 N–H and O–H groups in total. The number of hydrogen-bond acceptors (Lipinski definition) is 15. The van der Waals surface area contributed by atoms with Crippen molar-refractivity contribution in [2.45, 2.75) is 148 Å². The molecule has 15 heteroatoms. The lowest BCUT2D eigenvalue weighted by Crippen LogP contribution is -2.60. The molecule has 6 aliphatic rings. The van der Waals surface area contributed by atoms with E-state index >= 15 is 0 Å². The van der Waals surface area contributed by atoms with E-state index in [1.165, 1.54) is 44.0 Å². The number of esters is 5. The van der Waals surface area contributed by atoms with Crippen LogP contribution in [0.4, 0.5) is 0 Å². The topological polar surface area (TPSA) is 211 Å². The summed E-state index contributed by atoms with van der Waals surface area (Å²) in [5, 5.41) is 28.3. The minimum absolute atomic E-state index is 0.134. The maximum atomic E-state index is 11.9. The number of phenols is 2. The van der Waals surface area contributed by atoms with Crippen molar-refractivity contribution >= 4 is 42.0 Å². The standard InChI is InChI=1S/C16H20O2.C14H20O3.C12H16O2.C10H10O3.C8H10O4.C8H8O/c1-13(2)15(17)18-16(11-7-4-8-12-16)14-9-5-3-6-10-14;1-9(2)12(15)17-14-6-10-3-11(7-14)5-13(16,4-10)8-14;1-4-11-6-8-12(9-7-11)14-10(3)13-5-2;1-7(2)10(12)13-9-5-3-8(11)4-6-9;1-5(2)7(9)12-6-3-4-11-8(6)10;1-2-7-3-5-8(9)6-4-7/h3,5-6,9-10H,1,4,7-8,11-12H2,2H3;10-11,16H,1,3-8H2,2H3;4,6-10H,1,5H2,2-3H3;3-6,11H,1H2,2H3;6H,1,3-4H2,2H3;2-6,9H,1H2. The number of hydrogen-bond donors (Lipinski definition) is 3. The van der Waals surface area contributed by atoms with Gasteiger partial charge in [-0.1, -0.05) is 113 Å². The van der Waals surface area contributed by atoms with Crippen LogP contribution in [0, 0.1) is 11.8 Å². The van der Waals surface area contributed by atoms with E-state index in [0.717, 1.165) is 73.8 Å². The normalized spacial score (nSPS) is 21.1. The van der Waals surface area contributed by atoms with Gasteiger partial charge in [0.1, 0.15) is 34.2 Å². The first-order valence-electron chi connectivity index (χ1n) is 28.0. The smallest absolute Gasteiger partial charge is 0.347 e. The van der Waals surface area contributed by atoms with Gasteiger partial charge in [-0.15, -0.1) is 0 Å². The Morgan fingerprint density at radius 3 is 1.59 bits per heavy atom. The van der Waals surface area contributed by atoms with Crippen molar-refractivity contribution in [3.05, 3.63) is 182 Å². The molecule has 0 amide bonds. The molecule has 4 unspecified atom stereocenters. The minimum atomic E-state index is -0.728. The van der Waals surface area contributed by atoms with Crippen molar-refractivity contribution < 1.29 is 72.5 Å². The van der Waals surface area contributed by atoms with E-state index in [1.54, 1.807) is 45.1 Å². The number of aliphatic hydroxyl groups is 1. The van der Waals surface area contributed by atoms with Gasteiger partial charge in [0.2, 0.25) is 6.10 Å². The Balaban J connectivity index is 0.000000217. The summed E-state index contributed by atoms with van der Waals surface area (Å²) >= 11 is 0. The number of carbonyl (C=O) groups is 5. The van der Waals surface area contributed by atoms with Crippen LogP contribution in [0.25, 0.3) is 12.2 Å². The number of cyclic esters (lactones) is 1. The van der Waals surface area contributed by atoms with Gasteiger partial charge >= 0.3 is 29.8 Å². The van der Waals surface area contributed by atoms with E-state index in [1.807, 2.05) is 68.4 Å². The SMILES string of the molecule is C=C(C)C(=O)OC1(c2ccccc2)CCCCC1.C=C(C)C(=O)OC12CC3CC(CC(O)(C3)C1)C2.C=C(C)C(=O)OC1CCOC1=O.C=C(C)C(=O)Oc1ccc(O)cc1.C=Cc1ccc(O)cc1.C=Cc1ccc(OC(C)OCC)cc1. The van der Waals surface area contributed by atoms with E-state index < -0.39 is 40.8 Å².